The number of ether oxygens (including phenoxy) is 1. The highest BCUT2D eigenvalue weighted by atomic mass is 79.9. The Kier molecular flexibility index (Phi) is 3.42. The quantitative estimate of drug-likeness (QED) is 0.855. The molecule has 0 aromatic heterocycles. The molecule has 0 saturated heterocycles. The van der Waals surface area contributed by atoms with Crippen LogP contribution < -0.4 is 10.5 Å². The van der Waals surface area contributed by atoms with Crippen molar-refractivity contribution in [2.45, 2.75) is 19.3 Å². The summed E-state index contributed by atoms with van der Waals surface area (Å²) in [7, 11) is 0. The molecule has 1 saturated carbocycles. The van der Waals surface area contributed by atoms with Crippen molar-refractivity contribution in [1.29, 1.82) is 0 Å². The highest BCUT2D eigenvalue weighted by Crippen LogP contribution is 2.36. The van der Waals surface area contributed by atoms with Gasteiger partial charge in [-0.3, -0.25) is 0 Å². The molecule has 0 bridgehead atoms. The minimum atomic E-state index is 0.588. The fourth-order valence-corrected chi connectivity index (χ4v) is 2.42. The van der Waals surface area contributed by atoms with Crippen LogP contribution in [-0.2, 0) is 0 Å². The highest BCUT2D eigenvalue weighted by molar-refractivity contribution is 9.10. The number of halogens is 2. The van der Waals surface area contributed by atoms with Crippen molar-refractivity contribution in [2.24, 2.45) is 5.92 Å². The van der Waals surface area contributed by atoms with Crippen LogP contribution in [0.15, 0.2) is 16.6 Å². The van der Waals surface area contributed by atoms with Crippen molar-refractivity contribution in [3.8, 4) is 5.75 Å². The largest absolute Gasteiger partial charge is 0.490 e. The average molecular weight is 291 g/mol. The zero-order valence-electron chi connectivity index (χ0n) is 8.30. The molecule has 0 atom stereocenters. The van der Waals surface area contributed by atoms with Crippen LogP contribution in [0.25, 0.3) is 0 Å². The van der Waals surface area contributed by atoms with Crippen molar-refractivity contribution in [2.75, 3.05) is 12.3 Å². The molecular formula is C11H13BrClNO. The molecule has 0 unspecified atom stereocenters. The van der Waals surface area contributed by atoms with Gasteiger partial charge in [-0.05, 0) is 40.4 Å². The Hall–Kier alpha value is -0.410. The molecule has 0 heterocycles. The highest BCUT2D eigenvalue weighted by Gasteiger charge is 2.21. The lowest BCUT2D eigenvalue weighted by molar-refractivity contribution is 0.302. The summed E-state index contributed by atoms with van der Waals surface area (Å²) in [6, 6.07) is 3.50. The van der Waals surface area contributed by atoms with Gasteiger partial charge >= 0.3 is 0 Å². The van der Waals surface area contributed by atoms with Gasteiger partial charge < -0.3 is 10.5 Å². The third-order valence-electron chi connectivity index (χ3n) is 2.51. The zero-order chi connectivity index (χ0) is 10.8. The second-order valence-corrected chi connectivity index (χ2v) is 5.18. The van der Waals surface area contributed by atoms with Gasteiger partial charge in [-0.15, -0.1) is 0 Å². The van der Waals surface area contributed by atoms with Gasteiger partial charge in [0.25, 0.3) is 0 Å². The van der Waals surface area contributed by atoms with E-state index in [-0.39, 0.29) is 0 Å². The van der Waals surface area contributed by atoms with Crippen LogP contribution in [0.1, 0.15) is 19.3 Å². The van der Waals surface area contributed by atoms with Crippen LogP contribution in [0, 0.1) is 5.92 Å². The zero-order valence-corrected chi connectivity index (χ0v) is 10.6. The van der Waals surface area contributed by atoms with Crippen LogP contribution >= 0.6 is 27.5 Å². The van der Waals surface area contributed by atoms with Crippen LogP contribution in [0.5, 0.6) is 5.75 Å². The number of anilines is 1. The summed E-state index contributed by atoms with van der Waals surface area (Å²) in [5, 5.41) is 0.619. The fraction of sp³-hybridized carbons (Fsp3) is 0.455. The second kappa shape index (κ2) is 4.62. The van der Waals surface area contributed by atoms with Gasteiger partial charge in [-0.1, -0.05) is 24.4 Å². The Balaban J connectivity index is 1.99. The standard InChI is InChI=1S/C11H13BrClNO/c12-9-5-8(13)6-10(14)11(9)15-4-3-7-1-2-7/h5-7H,1-4,14H2. The number of rotatable bonds is 4. The van der Waals surface area contributed by atoms with E-state index >= 15 is 0 Å². The van der Waals surface area contributed by atoms with Crippen LogP contribution in [0.2, 0.25) is 5.02 Å². The first-order chi connectivity index (χ1) is 7.16. The Labute approximate surface area is 103 Å². The Morgan fingerprint density at radius 3 is 2.80 bits per heavy atom. The van der Waals surface area contributed by atoms with E-state index in [1.54, 1.807) is 12.1 Å². The first-order valence-corrected chi connectivity index (χ1v) is 6.21. The molecule has 1 aromatic carbocycles. The maximum absolute atomic E-state index is 5.85. The topological polar surface area (TPSA) is 35.2 Å². The van der Waals surface area contributed by atoms with Gasteiger partial charge in [0.15, 0.2) is 5.75 Å². The average Bonchev–Trinajstić information content (AvgIpc) is 2.93. The molecule has 0 aliphatic heterocycles. The molecule has 4 heteroatoms. The lowest BCUT2D eigenvalue weighted by Gasteiger charge is -2.10. The maximum Gasteiger partial charge on any atom is 0.156 e. The van der Waals surface area contributed by atoms with E-state index in [0.29, 0.717) is 16.5 Å². The minimum absolute atomic E-state index is 0.588. The Bertz CT molecular complexity index is 343. The molecule has 1 aliphatic carbocycles. The van der Waals surface area contributed by atoms with E-state index in [4.69, 9.17) is 22.1 Å². The number of nitrogens with two attached hydrogens (primary N) is 1. The molecule has 1 fully saturated rings. The number of nitrogen functional groups attached to an aromatic ring is 1. The normalized spacial score (nSPS) is 15.3. The first-order valence-electron chi connectivity index (χ1n) is 5.04. The first kappa shape index (κ1) is 11.1. The van der Waals surface area contributed by atoms with Crippen molar-refractivity contribution in [1.82, 2.24) is 0 Å². The predicted octanol–water partition coefficient (Wildman–Crippen LogP) is 3.86. The molecule has 2 rings (SSSR count). The molecule has 1 aliphatic rings. The predicted molar refractivity (Wildman–Crippen MR) is 66.4 cm³/mol. The van der Waals surface area contributed by atoms with Crippen molar-refractivity contribution in [3.05, 3.63) is 21.6 Å². The SMILES string of the molecule is Nc1cc(Cl)cc(Br)c1OCCC1CC1. The molecule has 1 aromatic rings. The van der Waals surface area contributed by atoms with E-state index < -0.39 is 0 Å². The van der Waals surface area contributed by atoms with E-state index in [9.17, 15) is 0 Å². The number of benzene rings is 1. The molecule has 15 heavy (non-hydrogen) atoms. The third-order valence-corrected chi connectivity index (χ3v) is 3.31. The molecule has 0 radical (unpaired) electrons. The van der Waals surface area contributed by atoms with E-state index in [2.05, 4.69) is 15.9 Å². The molecule has 0 amide bonds. The molecule has 0 spiro atoms. The Morgan fingerprint density at radius 1 is 1.47 bits per heavy atom. The lowest BCUT2D eigenvalue weighted by Crippen LogP contribution is -2.01. The van der Waals surface area contributed by atoms with E-state index in [0.717, 1.165) is 23.4 Å². The summed E-state index contributed by atoms with van der Waals surface area (Å²) in [4.78, 5) is 0. The van der Waals surface area contributed by atoms with Crippen LogP contribution in [0.4, 0.5) is 5.69 Å². The van der Waals surface area contributed by atoms with Crippen LogP contribution in [-0.4, -0.2) is 6.61 Å². The monoisotopic (exact) mass is 289 g/mol. The van der Waals surface area contributed by atoms with Crippen molar-refractivity contribution in [3.63, 3.8) is 0 Å². The summed E-state index contributed by atoms with van der Waals surface area (Å²) in [6.07, 6.45) is 3.82. The maximum atomic E-state index is 5.85. The molecule has 82 valence electrons. The molecule has 2 N–H and O–H groups in total. The molecule has 2 nitrogen and oxygen atoms in total. The van der Waals surface area contributed by atoms with Gasteiger partial charge in [0.05, 0.1) is 16.8 Å². The smallest absolute Gasteiger partial charge is 0.156 e. The van der Waals surface area contributed by atoms with Gasteiger partial charge in [0.1, 0.15) is 0 Å². The van der Waals surface area contributed by atoms with E-state index in [1.165, 1.54) is 12.8 Å². The fourth-order valence-electron chi connectivity index (χ4n) is 1.47. The van der Waals surface area contributed by atoms with Gasteiger partial charge in [-0.2, -0.15) is 0 Å². The minimum Gasteiger partial charge on any atom is -0.490 e. The third kappa shape index (κ3) is 3.02. The summed E-state index contributed by atoms with van der Waals surface area (Å²) >= 11 is 9.24. The number of hydrogen-bond acceptors (Lipinski definition) is 2. The number of hydrogen-bond donors (Lipinski definition) is 1. The lowest BCUT2D eigenvalue weighted by atomic mass is 10.3. The van der Waals surface area contributed by atoms with Gasteiger partial charge in [0.2, 0.25) is 0 Å². The van der Waals surface area contributed by atoms with Gasteiger partial charge in [-0.25, -0.2) is 0 Å². The summed E-state index contributed by atoms with van der Waals surface area (Å²) < 4.78 is 6.47. The van der Waals surface area contributed by atoms with E-state index in [1.807, 2.05) is 0 Å². The summed E-state index contributed by atoms with van der Waals surface area (Å²) in [5.41, 5.74) is 6.40. The van der Waals surface area contributed by atoms with Gasteiger partial charge in [0, 0.05) is 5.02 Å². The Morgan fingerprint density at radius 2 is 2.20 bits per heavy atom. The summed E-state index contributed by atoms with van der Waals surface area (Å²) in [5.74, 6) is 1.58. The van der Waals surface area contributed by atoms with Crippen LogP contribution in [0.3, 0.4) is 0 Å². The van der Waals surface area contributed by atoms with Crippen molar-refractivity contribution >= 4 is 33.2 Å². The van der Waals surface area contributed by atoms with Crippen molar-refractivity contribution < 1.29 is 4.74 Å². The molecular weight excluding hydrogens is 277 g/mol. The second-order valence-electron chi connectivity index (χ2n) is 3.89. The summed E-state index contributed by atoms with van der Waals surface area (Å²) in [6.45, 7) is 0.731.